The lowest BCUT2D eigenvalue weighted by Gasteiger charge is -2.26. The molecule has 19 nitrogen and oxygen atoms in total. The van der Waals surface area contributed by atoms with Crippen LogP contribution in [0, 0.1) is 46.3 Å². The highest BCUT2D eigenvalue weighted by molar-refractivity contribution is 5.96. The molecule has 0 spiro atoms. The van der Waals surface area contributed by atoms with Crippen LogP contribution >= 0.6 is 0 Å². The van der Waals surface area contributed by atoms with Crippen molar-refractivity contribution in [3.05, 3.63) is 156 Å². The van der Waals surface area contributed by atoms with Gasteiger partial charge >= 0.3 is 12.3 Å². The molecule has 0 bridgehead atoms. The van der Waals surface area contributed by atoms with Gasteiger partial charge in [0.1, 0.15) is 84.1 Å². The maximum Gasteiger partial charge on any atom is 0.420 e. The average molecular weight is 1270 g/mol. The zero-order valence-electron chi connectivity index (χ0n) is 51.0. The number of nitrogens with zero attached hydrogens (tertiary/aromatic N) is 6. The number of amides is 3. The molecule has 0 aliphatic heterocycles. The number of nitrogens with two attached hydrogens (primary N) is 3. The minimum atomic E-state index is -4.91. The van der Waals surface area contributed by atoms with E-state index in [9.17, 15) is 38.1 Å². The number of carbonyl (C=O) groups excluding carboxylic acids is 3. The van der Waals surface area contributed by atoms with Crippen LogP contribution in [-0.2, 0) is 20.5 Å². The number of methoxy groups -OCH3 is 1. The number of anilines is 3. The van der Waals surface area contributed by atoms with E-state index < -0.39 is 94.1 Å². The Morgan fingerprint density at radius 1 is 0.620 bits per heavy atom. The van der Waals surface area contributed by atoms with Gasteiger partial charge in [0.25, 0.3) is 11.8 Å². The SMILES string of the molecule is C=C(C)CC(C)(N)COc1ccc(-c2ccnc(NC(=O)[C@@H]3C(CC(=C)C[C@](C)(N)COc4ccc(-c5ccnc(NC(=O)[C@H]6C(C/C(C)=C/[C@](C)(N)COc7cnc(-c8ccnc(NC(=O)OC)c8)cc7C(F)(F)F)C6(F)F)c5)cc4C#N)C3(F)F)c2)cc1C#N. The summed E-state index contributed by atoms with van der Waals surface area (Å²) in [5, 5.41) is 27.3. The molecular weight excluding hydrogens is 1210 g/mol. The fourth-order valence-corrected chi connectivity index (χ4v) is 10.8. The number of benzene rings is 2. The summed E-state index contributed by atoms with van der Waals surface area (Å²) in [7, 11) is 1.13. The van der Waals surface area contributed by atoms with Gasteiger partial charge in [0.05, 0.1) is 46.7 Å². The fourth-order valence-electron chi connectivity index (χ4n) is 10.8. The zero-order chi connectivity index (χ0) is 67.3. The summed E-state index contributed by atoms with van der Waals surface area (Å²) < 4.78 is 126. The van der Waals surface area contributed by atoms with Crippen LogP contribution in [0.5, 0.6) is 17.2 Å². The lowest BCUT2D eigenvalue weighted by Crippen LogP contribution is -2.42. The maximum absolute atomic E-state index is 15.3. The summed E-state index contributed by atoms with van der Waals surface area (Å²) in [6.45, 7) is 15.5. The Labute approximate surface area is 525 Å². The molecule has 7 atom stereocenters. The van der Waals surface area contributed by atoms with Crippen molar-refractivity contribution in [3.63, 3.8) is 0 Å². The number of hydrogen-bond acceptors (Lipinski definition) is 16. The smallest absolute Gasteiger partial charge is 0.420 e. The van der Waals surface area contributed by atoms with Crippen LogP contribution in [0.15, 0.2) is 140 Å². The molecular formula is C66H67F7N12O7. The van der Waals surface area contributed by atoms with Gasteiger partial charge in [-0.3, -0.25) is 19.9 Å². The van der Waals surface area contributed by atoms with E-state index >= 15 is 17.6 Å². The van der Waals surface area contributed by atoms with E-state index in [1.807, 2.05) is 13.8 Å². The quantitative estimate of drug-likeness (QED) is 0.0217. The molecule has 6 aromatic rings. The third-order valence-corrected chi connectivity index (χ3v) is 15.1. The number of allylic oxidation sites excluding steroid dienone is 1. The number of aromatic nitrogens is 4. The summed E-state index contributed by atoms with van der Waals surface area (Å²) in [6, 6.07) is 23.3. The number of carbonyl (C=O) groups is 3. The van der Waals surface area contributed by atoms with Gasteiger partial charge in [-0.25, -0.2) is 37.3 Å². The third kappa shape index (κ3) is 17.0. The van der Waals surface area contributed by atoms with E-state index in [-0.39, 0.29) is 78.1 Å². The molecule has 2 aliphatic rings. The first kappa shape index (κ1) is 68.2. The van der Waals surface area contributed by atoms with Gasteiger partial charge in [0, 0.05) is 36.0 Å². The number of ether oxygens (including phenoxy) is 4. The monoisotopic (exact) mass is 1270 g/mol. The summed E-state index contributed by atoms with van der Waals surface area (Å²) >= 11 is 0. The Hall–Kier alpha value is -9.76. The minimum absolute atomic E-state index is 0.00290. The second-order valence-corrected chi connectivity index (χ2v) is 24.3. The van der Waals surface area contributed by atoms with Gasteiger partial charge in [0.2, 0.25) is 11.8 Å². The number of hydrogen-bond donors (Lipinski definition) is 6. The molecule has 8 rings (SSSR count). The van der Waals surface area contributed by atoms with Crippen LogP contribution in [0.25, 0.3) is 33.5 Å². The molecule has 0 radical (unpaired) electrons. The van der Waals surface area contributed by atoms with Crippen molar-refractivity contribution < 1.29 is 64.1 Å². The molecule has 2 fully saturated rings. The van der Waals surface area contributed by atoms with Crippen molar-refractivity contribution in [3.8, 4) is 62.9 Å². The predicted molar refractivity (Wildman–Crippen MR) is 329 cm³/mol. The van der Waals surface area contributed by atoms with Crippen LogP contribution < -0.4 is 47.4 Å². The maximum atomic E-state index is 15.3. The number of nitriles is 2. The van der Waals surface area contributed by atoms with Gasteiger partial charge in [-0.05, 0) is 149 Å². The van der Waals surface area contributed by atoms with E-state index in [0.29, 0.717) is 45.6 Å². The normalized spacial score (nSPS) is 19.0. The van der Waals surface area contributed by atoms with Crippen molar-refractivity contribution in [1.82, 2.24) is 19.9 Å². The van der Waals surface area contributed by atoms with E-state index in [2.05, 4.69) is 65.9 Å². The Bertz CT molecular complexity index is 3950. The van der Waals surface area contributed by atoms with Crippen molar-refractivity contribution in [1.29, 1.82) is 10.5 Å². The molecule has 4 aromatic heterocycles. The van der Waals surface area contributed by atoms with E-state index in [1.54, 1.807) is 43.3 Å². The second kappa shape index (κ2) is 27.0. The highest BCUT2D eigenvalue weighted by atomic mass is 19.4. The fraction of sp³-hybridized carbons (Fsp3) is 0.348. The number of alkyl halides is 7. The number of halogens is 7. The molecule has 2 aliphatic carbocycles. The van der Waals surface area contributed by atoms with Gasteiger partial charge in [-0.2, -0.15) is 23.7 Å². The van der Waals surface area contributed by atoms with Crippen molar-refractivity contribution >= 4 is 35.4 Å². The first-order valence-corrected chi connectivity index (χ1v) is 28.6. The molecule has 0 saturated heterocycles. The first-order chi connectivity index (χ1) is 43.1. The highest BCUT2D eigenvalue weighted by Crippen LogP contribution is 2.59. The number of pyridine rings is 4. The molecule has 482 valence electrons. The molecule has 3 unspecified atom stereocenters. The predicted octanol–water partition coefficient (Wildman–Crippen LogP) is 12.2. The van der Waals surface area contributed by atoms with Crippen molar-refractivity contribution in [2.75, 3.05) is 42.9 Å². The van der Waals surface area contributed by atoms with Crippen LogP contribution in [0.1, 0.15) is 77.0 Å². The second-order valence-electron chi connectivity index (χ2n) is 24.3. The lowest BCUT2D eigenvalue weighted by molar-refractivity contribution is -0.139. The zero-order valence-corrected chi connectivity index (χ0v) is 51.0. The van der Waals surface area contributed by atoms with Crippen LogP contribution in [-0.4, -0.2) is 93.2 Å². The minimum Gasteiger partial charge on any atom is -0.490 e. The third-order valence-electron chi connectivity index (χ3n) is 15.1. The Morgan fingerprint density at radius 2 is 1.07 bits per heavy atom. The Morgan fingerprint density at radius 3 is 1.54 bits per heavy atom. The molecule has 4 heterocycles. The summed E-state index contributed by atoms with van der Waals surface area (Å²) in [4.78, 5) is 54.6. The number of nitrogens with one attached hydrogen (secondary N) is 3. The molecule has 92 heavy (non-hydrogen) atoms. The van der Waals surface area contributed by atoms with Gasteiger partial charge in [0.15, 0.2) is 0 Å². The van der Waals surface area contributed by atoms with Crippen molar-refractivity contribution in [2.24, 2.45) is 40.9 Å². The van der Waals surface area contributed by atoms with Gasteiger partial charge < -0.3 is 46.8 Å². The Kier molecular flexibility index (Phi) is 20.0. The summed E-state index contributed by atoms with van der Waals surface area (Å²) in [5.41, 5.74) is 18.7. The van der Waals surface area contributed by atoms with E-state index in [1.165, 1.54) is 74.9 Å². The average Bonchev–Trinajstić information content (AvgIpc) is 1.58. The molecule has 2 aromatic carbocycles. The van der Waals surface area contributed by atoms with Crippen LogP contribution in [0.3, 0.4) is 0 Å². The molecule has 26 heteroatoms. The molecule has 2 saturated carbocycles. The van der Waals surface area contributed by atoms with Crippen molar-refractivity contribution in [2.45, 2.75) is 94.9 Å². The standard InChI is InChI=1S/C66H67F7N12O7/c1-36(2)27-61(5,76)33-90-50-11-9-39(21-44(50)30-74)41-13-16-79-53(23-41)83-58(86)56-47(64(56,67)68)19-37(3)28-62(6,77)34-91-51-12-10-40(22-45(51)31-75)42-14-17-80-54(24-42)84-59(87)57-48(65(57,69)70)20-38(4)29-63(7,78)35-92-52-32-82-49(26-46(52)66(71,72)73)43-15-18-81-55(25-43)85-60(88)89-8/h9-18,21-26,29,32,47-48,56-57H,1,3,19-20,27-28,33-35,76-78H2,2,4-8H3,(H,79,83,86)(H,80,84,87)(H,81,85,88)/b38-29+/t47?,48?,56-,57+,61?,62-,63-/m0/s1. The topological polar surface area (TPSA) is 301 Å². The summed E-state index contributed by atoms with van der Waals surface area (Å²) in [5.74, 6) is -15.3. The highest BCUT2D eigenvalue weighted by Gasteiger charge is 2.72. The molecule has 9 N–H and O–H groups in total. The van der Waals surface area contributed by atoms with Gasteiger partial charge in [-0.15, -0.1) is 6.58 Å². The first-order valence-electron chi connectivity index (χ1n) is 28.6. The summed E-state index contributed by atoms with van der Waals surface area (Å²) in [6.07, 6.45) is 0.464. The largest absolute Gasteiger partial charge is 0.490 e. The molecule has 3 amide bonds. The van der Waals surface area contributed by atoms with Crippen LogP contribution in [0.4, 0.5) is 53.0 Å². The van der Waals surface area contributed by atoms with Crippen LogP contribution in [0.2, 0.25) is 0 Å². The lowest BCUT2D eigenvalue weighted by atomic mass is 9.92. The van der Waals surface area contributed by atoms with Gasteiger partial charge in [-0.1, -0.05) is 41.5 Å². The Balaban J connectivity index is 0.814. The number of rotatable bonds is 26. The van der Waals surface area contributed by atoms with E-state index in [4.69, 9.17) is 31.4 Å². The van der Waals surface area contributed by atoms with E-state index in [0.717, 1.165) is 24.9 Å².